The van der Waals surface area contributed by atoms with Crippen molar-refractivity contribution >= 4 is 5.84 Å². The molecule has 3 heteroatoms. The number of allylic oxidation sites excluding steroid dienone is 1. The highest BCUT2D eigenvalue weighted by molar-refractivity contribution is 5.85. The molecule has 0 unspecified atom stereocenters. The van der Waals surface area contributed by atoms with E-state index in [1.165, 1.54) is 25.7 Å². The second-order valence-electron chi connectivity index (χ2n) is 4.18. The van der Waals surface area contributed by atoms with E-state index in [1.807, 2.05) is 0 Å². The van der Waals surface area contributed by atoms with Crippen molar-refractivity contribution in [3.05, 3.63) is 12.2 Å². The van der Waals surface area contributed by atoms with E-state index in [-0.39, 0.29) is 6.61 Å². The molecule has 0 aromatic carbocycles. The number of nitrogens with zero attached hydrogens (tertiary/aromatic N) is 2. The first-order valence-corrected chi connectivity index (χ1v) is 6.42. The Morgan fingerprint density at radius 2 is 2.25 bits per heavy atom. The van der Waals surface area contributed by atoms with E-state index >= 15 is 0 Å². The van der Waals surface area contributed by atoms with Crippen LogP contribution < -0.4 is 0 Å². The summed E-state index contributed by atoms with van der Waals surface area (Å²) in [4.78, 5) is 6.63. The predicted molar refractivity (Wildman–Crippen MR) is 68.9 cm³/mol. The number of aliphatic hydroxyl groups excluding tert-OH is 1. The van der Waals surface area contributed by atoms with Crippen molar-refractivity contribution in [2.75, 3.05) is 26.2 Å². The predicted octanol–water partition coefficient (Wildman–Crippen LogP) is 2.22. The number of amidine groups is 1. The maximum atomic E-state index is 8.90. The first kappa shape index (κ1) is 13.2. The number of aliphatic imine (C=N–C) groups is 1. The number of hydrogen-bond donors (Lipinski definition) is 1. The first-order chi connectivity index (χ1) is 7.88. The minimum absolute atomic E-state index is 0.221. The van der Waals surface area contributed by atoms with Gasteiger partial charge in [-0.3, -0.25) is 4.99 Å². The molecular formula is C13H24N2O. The fourth-order valence-electron chi connectivity index (χ4n) is 1.90. The molecule has 3 nitrogen and oxygen atoms in total. The molecule has 0 aliphatic carbocycles. The molecule has 16 heavy (non-hydrogen) atoms. The van der Waals surface area contributed by atoms with Crippen molar-refractivity contribution in [3.63, 3.8) is 0 Å². The van der Waals surface area contributed by atoms with Crippen LogP contribution in [0.2, 0.25) is 0 Å². The van der Waals surface area contributed by atoms with Crippen molar-refractivity contribution in [1.82, 2.24) is 4.90 Å². The number of aliphatic hydroxyl groups is 1. The lowest BCUT2D eigenvalue weighted by Crippen LogP contribution is -2.30. The second kappa shape index (κ2) is 8.34. The summed E-state index contributed by atoms with van der Waals surface area (Å²) in [5, 5.41) is 8.90. The monoisotopic (exact) mass is 224 g/mol. The molecule has 0 radical (unpaired) electrons. The Balaban J connectivity index is 2.16. The summed E-state index contributed by atoms with van der Waals surface area (Å²) in [5.74, 6) is 1.14. The molecule has 0 bridgehead atoms. The van der Waals surface area contributed by atoms with Crippen molar-refractivity contribution < 1.29 is 5.11 Å². The van der Waals surface area contributed by atoms with Gasteiger partial charge in [0.15, 0.2) is 0 Å². The highest BCUT2D eigenvalue weighted by atomic mass is 16.3. The normalized spacial score (nSPS) is 16.1. The summed E-state index contributed by atoms with van der Waals surface area (Å²) < 4.78 is 0. The van der Waals surface area contributed by atoms with Crippen molar-refractivity contribution in [2.45, 2.75) is 39.0 Å². The average molecular weight is 224 g/mol. The third kappa shape index (κ3) is 4.79. The van der Waals surface area contributed by atoms with Gasteiger partial charge < -0.3 is 10.0 Å². The van der Waals surface area contributed by atoms with Gasteiger partial charge in [0.25, 0.3) is 0 Å². The quantitative estimate of drug-likeness (QED) is 0.507. The second-order valence-corrected chi connectivity index (χ2v) is 4.18. The molecule has 1 aliphatic rings. The van der Waals surface area contributed by atoms with Crippen molar-refractivity contribution in [2.24, 2.45) is 4.99 Å². The Morgan fingerprint density at radius 1 is 1.38 bits per heavy atom. The number of rotatable bonds is 8. The van der Waals surface area contributed by atoms with Gasteiger partial charge in [-0.1, -0.05) is 31.9 Å². The van der Waals surface area contributed by atoms with Crippen LogP contribution in [0.15, 0.2) is 17.1 Å². The minimum atomic E-state index is 0.221. The Morgan fingerprint density at radius 3 is 3.00 bits per heavy atom. The van der Waals surface area contributed by atoms with Crippen LogP contribution in [0, 0.1) is 0 Å². The van der Waals surface area contributed by atoms with Gasteiger partial charge in [0.05, 0.1) is 13.2 Å². The number of unbranched alkanes of at least 4 members (excludes halogenated alkanes) is 3. The summed E-state index contributed by atoms with van der Waals surface area (Å²) in [5.41, 5.74) is 0. The van der Waals surface area contributed by atoms with Gasteiger partial charge >= 0.3 is 0 Å². The molecule has 1 heterocycles. The van der Waals surface area contributed by atoms with Crippen LogP contribution >= 0.6 is 0 Å². The average Bonchev–Trinajstić information content (AvgIpc) is 2.72. The van der Waals surface area contributed by atoms with Gasteiger partial charge in [-0.15, -0.1) is 0 Å². The SMILES string of the molecule is CCCCC/C=C/CC1=NCCN1CCO. The molecule has 0 fully saturated rings. The molecule has 0 atom stereocenters. The van der Waals surface area contributed by atoms with E-state index in [0.29, 0.717) is 0 Å². The Hall–Kier alpha value is -0.830. The fraction of sp³-hybridized carbons (Fsp3) is 0.769. The fourth-order valence-corrected chi connectivity index (χ4v) is 1.90. The maximum Gasteiger partial charge on any atom is 0.103 e. The Kier molecular flexibility index (Phi) is 6.90. The third-order valence-corrected chi connectivity index (χ3v) is 2.84. The molecule has 0 spiro atoms. The largest absolute Gasteiger partial charge is 0.395 e. The summed E-state index contributed by atoms with van der Waals surface area (Å²) in [6.45, 7) is 5.03. The van der Waals surface area contributed by atoms with Gasteiger partial charge in [-0.25, -0.2) is 0 Å². The molecule has 1 N–H and O–H groups in total. The standard InChI is InChI=1S/C13H24N2O/c1-2-3-4-5-6-7-8-13-14-9-10-15(13)11-12-16/h6-7,16H,2-5,8-12H2,1H3/b7-6+. The molecule has 0 saturated heterocycles. The lowest BCUT2D eigenvalue weighted by Gasteiger charge is -2.17. The van der Waals surface area contributed by atoms with E-state index in [2.05, 4.69) is 29.0 Å². The summed E-state index contributed by atoms with van der Waals surface area (Å²) in [6, 6.07) is 0. The van der Waals surface area contributed by atoms with Crippen LogP contribution in [-0.4, -0.2) is 42.1 Å². The topological polar surface area (TPSA) is 35.8 Å². The maximum absolute atomic E-state index is 8.90. The minimum Gasteiger partial charge on any atom is -0.395 e. The van der Waals surface area contributed by atoms with Crippen LogP contribution in [0.5, 0.6) is 0 Å². The van der Waals surface area contributed by atoms with Crippen molar-refractivity contribution in [3.8, 4) is 0 Å². The molecule has 0 amide bonds. The third-order valence-electron chi connectivity index (χ3n) is 2.84. The Labute approximate surface area is 98.9 Å². The highest BCUT2D eigenvalue weighted by Crippen LogP contribution is 2.06. The van der Waals surface area contributed by atoms with Crippen LogP contribution in [-0.2, 0) is 0 Å². The number of hydrogen-bond acceptors (Lipinski definition) is 3. The van der Waals surface area contributed by atoms with Crippen LogP contribution in [0.4, 0.5) is 0 Å². The summed E-state index contributed by atoms with van der Waals surface area (Å²) >= 11 is 0. The van der Waals surface area contributed by atoms with Crippen LogP contribution in [0.25, 0.3) is 0 Å². The molecule has 1 rings (SSSR count). The zero-order valence-corrected chi connectivity index (χ0v) is 10.4. The Bertz CT molecular complexity index is 236. The van der Waals surface area contributed by atoms with Gasteiger partial charge in [-0.05, 0) is 12.8 Å². The van der Waals surface area contributed by atoms with Gasteiger partial charge in [0, 0.05) is 19.5 Å². The molecule has 1 aliphatic heterocycles. The van der Waals surface area contributed by atoms with Crippen LogP contribution in [0.3, 0.4) is 0 Å². The smallest absolute Gasteiger partial charge is 0.103 e. The van der Waals surface area contributed by atoms with E-state index in [1.54, 1.807) is 0 Å². The van der Waals surface area contributed by atoms with E-state index in [9.17, 15) is 0 Å². The lowest BCUT2D eigenvalue weighted by atomic mass is 10.2. The first-order valence-electron chi connectivity index (χ1n) is 6.42. The van der Waals surface area contributed by atoms with Gasteiger partial charge in [-0.2, -0.15) is 0 Å². The lowest BCUT2D eigenvalue weighted by molar-refractivity contribution is 0.255. The number of β-amino-alcohol motifs (C(OH)–C–C–N with tert-alkyl or cyclic N) is 1. The molecule has 0 aromatic heterocycles. The van der Waals surface area contributed by atoms with E-state index in [0.717, 1.165) is 31.9 Å². The van der Waals surface area contributed by atoms with Crippen LogP contribution in [0.1, 0.15) is 39.0 Å². The molecule has 0 saturated carbocycles. The molecular weight excluding hydrogens is 200 g/mol. The summed E-state index contributed by atoms with van der Waals surface area (Å²) in [6.07, 6.45) is 10.5. The zero-order chi connectivity index (χ0) is 11.6. The highest BCUT2D eigenvalue weighted by Gasteiger charge is 2.13. The van der Waals surface area contributed by atoms with Crippen molar-refractivity contribution in [1.29, 1.82) is 0 Å². The zero-order valence-electron chi connectivity index (χ0n) is 10.4. The van der Waals surface area contributed by atoms with Gasteiger partial charge in [0.2, 0.25) is 0 Å². The summed E-state index contributed by atoms with van der Waals surface area (Å²) in [7, 11) is 0. The van der Waals surface area contributed by atoms with Gasteiger partial charge in [0.1, 0.15) is 5.84 Å². The molecule has 92 valence electrons. The van der Waals surface area contributed by atoms with E-state index in [4.69, 9.17) is 5.11 Å². The van der Waals surface area contributed by atoms with E-state index < -0.39 is 0 Å². The molecule has 0 aromatic rings.